The van der Waals surface area contributed by atoms with Crippen molar-refractivity contribution in [2.24, 2.45) is 5.73 Å². The molecule has 0 radical (unpaired) electrons. The number of nitrogens with two attached hydrogens (primary N) is 1. The lowest BCUT2D eigenvalue weighted by Crippen LogP contribution is -1.94. The Morgan fingerprint density at radius 3 is 2.00 bits per heavy atom. The van der Waals surface area contributed by atoms with Crippen molar-refractivity contribution >= 4 is 21.5 Å². The molecule has 0 aliphatic rings. The quantitative estimate of drug-likeness (QED) is 0.889. The van der Waals surface area contributed by atoms with Crippen LogP contribution in [0, 0.1) is 0 Å². The number of hydrogen-bond donors (Lipinski definition) is 1. The molecule has 2 rings (SSSR count). The van der Waals surface area contributed by atoms with Crippen LogP contribution in [0.3, 0.4) is 0 Å². The van der Waals surface area contributed by atoms with Gasteiger partial charge in [0.05, 0.1) is 0 Å². The maximum absolute atomic E-state index is 5.52. The SMILES string of the molecule is CC(=CCN)c1ccc(-c2ccc(Br)cc2)cc1. The first-order chi connectivity index (χ1) is 8.70. The highest BCUT2D eigenvalue weighted by molar-refractivity contribution is 9.10. The van der Waals surface area contributed by atoms with Crippen LogP contribution in [0.1, 0.15) is 12.5 Å². The molecule has 0 atom stereocenters. The van der Waals surface area contributed by atoms with Crippen LogP contribution in [0.5, 0.6) is 0 Å². The van der Waals surface area contributed by atoms with E-state index in [-0.39, 0.29) is 0 Å². The van der Waals surface area contributed by atoms with E-state index in [4.69, 9.17) is 5.73 Å². The van der Waals surface area contributed by atoms with E-state index in [0.717, 1.165) is 4.47 Å². The molecule has 0 aliphatic heterocycles. The molecule has 2 aromatic carbocycles. The van der Waals surface area contributed by atoms with Gasteiger partial charge in [-0.1, -0.05) is 58.4 Å². The lowest BCUT2D eigenvalue weighted by atomic mass is 10.0. The summed E-state index contributed by atoms with van der Waals surface area (Å²) in [6.07, 6.45) is 2.04. The van der Waals surface area contributed by atoms with Gasteiger partial charge in [0.25, 0.3) is 0 Å². The van der Waals surface area contributed by atoms with Crippen molar-refractivity contribution in [3.63, 3.8) is 0 Å². The molecule has 0 amide bonds. The third kappa shape index (κ3) is 3.09. The van der Waals surface area contributed by atoms with Crippen molar-refractivity contribution in [2.75, 3.05) is 6.54 Å². The third-order valence-electron chi connectivity index (χ3n) is 2.94. The van der Waals surface area contributed by atoms with Crippen molar-refractivity contribution in [1.29, 1.82) is 0 Å². The lowest BCUT2D eigenvalue weighted by Gasteiger charge is -2.05. The zero-order valence-electron chi connectivity index (χ0n) is 10.4. The predicted molar refractivity (Wildman–Crippen MR) is 82.3 cm³/mol. The van der Waals surface area contributed by atoms with Crippen LogP contribution in [0.15, 0.2) is 59.1 Å². The average Bonchev–Trinajstić information content (AvgIpc) is 2.40. The predicted octanol–water partition coefficient (Wildman–Crippen LogP) is 4.48. The molecule has 18 heavy (non-hydrogen) atoms. The molecule has 0 spiro atoms. The first kappa shape index (κ1) is 13.1. The monoisotopic (exact) mass is 301 g/mol. The van der Waals surface area contributed by atoms with Gasteiger partial charge >= 0.3 is 0 Å². The second kappa shape index (κ2) is 5.98. The van der Waals surface area contributed by atoms with Crippen LogP contribution in [0.2, 0.25) is 0 Å². The van der Waals surface area contributed by atoms with E-state index in [1.165, 1.54) is 22.3 Å². The van der Waals surface area contributed by atoms with Gasteiger partial charge in [-0.05, 0) is 41.3 Å². The van der Waals surface area contributed by atoms with Crippen LogP contribution in [0.4, 0.5) is 0 Å². The normalized spacial score (nSPS) is 11.6. The van der Waals surface area contributed by atoms with Crippen LogP contribution >= 0.6 is 15.9 Å². The summed E-state index contributed by atoms with van der Waals surface area (Å²) in [5.74, 6) is 0. The van der Waals surface area contributed by atoms with Crippen molar-refractivity contribution in [1.82, 2.24) is 0 Å². The lowest BCUT2D eigenvalue weighted by molar-refractivity contribution is 1.25. The smallest absolute Gasteiger partial charge is 0.0175 e. The van der Waals surface area contributed by atoms with Gasteiger partial charge in [0.15, 0.2) is 0 Å². The Bertz CT molecular complexity index is 538. The number of benzene rings is 2. The van der Waals surface area contributed by atoms with Crippen molar-refractivity contribution in [3.05, 3.63) is 64.6 Å². The van der Waals surface area contributed by atoms with Crippen LogP contribution in [-0.4, -0.2) is 6.54 Å². The first-order valence-electron chi connectivity index (χ1n) is 5.94. The van der Waals surface area contributed by atoms with E-state index >= 15 is 0 Å². The molecule has 0 saturated carbocycles. The maximum atomic E-state index is 5.52. The summed E-state index contributed by atoms with van der Waals surface area (Å²) in [7, 11) is 0. The third-order valence-corrected chi connectivity index (χ3v) is 3.47. The van der Waals surface area contributed by atoms with E-state index < -0.39 is 0 Å². The van der Waals surface area contributed by atoms with Gasteiger partial charge in [0, 0.05) is 11.0 Å². The molecule has 92 valence electrons. The standard InChI is InChI=1S/C16H16BrN/c1-12(10-11-18)13-2-4-14(5-3-13)15-6-8-16(17)9-7-15/h2-10H,11,18H2,1H3. The zero-order valence-corrected chi connectivity index (χ0v) is 11.9. The minimum atomic E-state index is 0.584. The molecule has 0 aliphatic carbocycles. The van der Waals surface area contributed by atoms with Gasteiger partial charge in [-0.3, -0.25) is 0 Å². The summed E-state index contributed by atoms with van der Waals surface area (Å²) in [5.41, 5.74) is 10.4. The molecule has 0 saturated heterocycles. The van der Waals surface area contributed by atoms with Crippen molar-refractivity contribution in [3.8, 4) is 11.1 Å². The number of rotatable bonds is 3. The highest BCUT2D eigenvalue weighted by Gasteiger charge is 1.99. The van der Waals surface area contributed by atoms with Crippen molar-refractivity contribution < 1.29 is 0 Å². The molecule has 0 heterocycles. The summed E-state index contributed by atoms with van der Waals surface area (Å²) in [6, 6.07) is 16.9. The van der Waals surface area contributed by atoms with Crippen molar-refractivity contribution in [2.45, 2.75) is 6.92 Å². The Balaban J connectivity index is 2.27. The van der Waals surface area contributed by atoms with Gasteiger partial charge in [-0.25, -0.2) is 0 Å². The Labute approximate surface area is 116 Å². The van der Waals surface area contributed by atoms with E-state index in [9.17, 15) is 0 Å². The molecular weight excluding hydrogens is 286 g/mol. The Morgan fingerprint density at radius 1 is 1.00 bits per heavy atom. The highest BCUT2D eigenvalue weighted by Crippen LogP contribution is 2.23. The van der Waals surface area contributed by atoms with E-state index in [1.54, 1.807) is 0 Å². The largest absolute Gasteiger partial charge is 0.327 e. The van der Waals surface area contributed by atoms with E-state index in [0.29, 0.717) is 6.54 Å². The second-order valence-corrected chi connectivity index (χ2v) is 5.12. The van der Waals surface area contributed by atoms with Gasteiger partial charge in [0.2, 0.25) is 0 Å². The van der Waals surface area contributed by atoms with Crippen LogP contribution in [-0.2, 0) is 0 Å². The zero-order chi connectivity index (χ0) is 13.0. The van der Waals surface area contributed by atoms with Crippen LogP contribution < -0.4 is 5.73 Å². The molecule has 0 bridgehead atoms. The summed E-state index contributed by atoms with van der Waals surface area (Å²) < 4.78 is 1.10. The number of allylic oxidation sites excluding steroid dienone is 1. The fourth-order valence-electron chi connectivity index (χ4n) is 1.86. The summed E-state index contributed by atoms with van der Waals surface area (Å²) >= 11 is 3.45. The van der Waals surface area contributed by atoms with E-state index in [2.05, 4.69) is 71.4 Å². The van der Waals surface area contributed by atoms with Gasteiger partial charge in [-0.2, -0.15) is 0 Å². The fourth-order valence-corrected chi connectivity index (χ4v) is 2.13. The molecule has 2 aromatic rings. The van der Waals surface area contributed by atoms with Gasteiger partial charge in [-0.15, -0.1) is 0 Å². The molecule has 0 fully saturated rings. The molecular formula is C16H16BrN. The Morgan fingerprint density at radius 2 is 1.50 bits per heavy atom. The minimum Gasteiger partial charge on any atom is -0.327 e. The average molecular weight is 302 g/mol. The molecule has 0 unspecified atom stereocenters. The second-order valence-electron chi connectivity index (χ2n) is 4.21. The summed E-state index contributed by atoms with van der Waals surface area (Å²) in [4.78, 5) is 0. The highest BCUT2D eigenvalue weighted by atomic mass is 79.9. The molecule has 0 aromatic heterocycles. The molecule has 1 nitrogen and oxygen atoms in total. The molecule has 2 N–H and O–H groups in total. The van der Waals surface area contributed by atoms with E-state index in [1.807, 2.05) is 6.08 Å². The number of halogens is 1. The number of hydrogen-bond acceptors (Lipinski definition) is 1. The molecule has 2 heteroatoms. The first-order valence-corrected chi connectivity index (χ1v) is 6.73. The topological polar surface area (TPSA) is 26.0 Å². The van der Waals surface area contributed by atoms with Gasteiger partial charge < -0.3 is 5.73 Å². The van der Waals surface area contributed by atoms with Crippen LogP contribution in [0.25, 0.3) is 16.7 Å². The Kier molecular flexibility index (Phi) is 4.34. The summed E-state index contributed by atoms with van der Waals surface area (Å²) in [6.45, 7) is 2.67. The Hall–Kier alpha value is -1.38. The minimum absolute atomic E-state index is 0.584. The maximum Gasteiger partial charge on any atom is 0.0175 e. The fraction of sp³-hybridized carbons (Fsp3) is 0.125. The van der Waals surface area contributed by atoms with Gasteiger partial charge in [0.1, 0.15) is 0 Å². The summed E-state index contributed by atoms with van der Waals surface area (Å²) in [5, 5.41) is 0.